The first kappa shape index (κ1) is 26.3. The molecule has 0 saturated carbocycles. The van der Waals surface area contributed by atoms with E-state index in [2.05, 4.69) is 5.32 Å². The van der Waals surface area contributed by atoms with Gasteiger partial charge < -0.3 is 30.0 Å². The second kappa shape index (κ2) is 21.6. The summed E-state index contributed by atoms with van der Waals surface area (Å²) in [6.07, 6.45) is 3.37. The minimum atomic E-state index is 0.0131. The molecule has 0 aromatic rings. The molecule has 0 bridgehead atoms. The number of hydrogen-bond acceptors (Lipinski definition) is 8. The van der Waals surface area contributed by atoms with E-state index < -0.39 is 0 Å². The minimum absolute atomic E-state index is 0.0131. The molecular weight excluding hydrogens is 372 g/mol. The molecule has 9 heteroatoms. The molecule has 0 aromatic heterocycles. The van der Waals surface area contributed by atoms with Crippen LogP contribution in [0.15, 0.2) is 0 Å². The van der Waals surface area contributed by atoms with Crippen molar-refractivity contribution in [3.63, 3.8) is 0 Å². The molecule has 160 valence electrons. The van der Waals surface area contributed by atoms with E-state index in [0.717, 1.165) is 19.3 Å². The fourth-order valence-electron chi connectivity index (χ4n) is 1.93. The van der Waals surface area contributed by atoms with Gasteiger partial charge >= 0.3 is 0 Å². The van der Waals surface area contributed by atoms with Crippen LogP contribution in [0.4, 0.5) is 0 Å². The van der Waals surface area contributed by atoms with Crippen LogP contribution in [0.5, 0.6) is 0 Å². The zero-order chi connectivity index (χ0) is 20.0. The van der Waals surface area contributed by atoms with Crippen molar-refractivity contribution in [2.75, 3.05) is 71.7 Å². The highest BCUT2D eigenvalue weighted by Crippen LogP contribution is 1.99. The molecule has 0 saturated heterocycles. The number of hydrogen-bond donors (Lipinski definition) is 2. The lowest BCUT2D eigenvalue weighted by Crippen LogP contribution is -2.25. The Hall–Kier alpha value is -0.710. The highest BCUT2D eigenvalue weighted by atomic mass is 32.2. The third-order valence-electron chi connectivity index (χ3n) is 3.33. The number of ether oxygens (including phenoxy) is 4. The Morgan fingerprint density at radius 3 is 1.93 bits per heavy atom. The van der Waals surface area contributed by atoms with Gasteiger partial charge in [0.1, 0.15) is 0 Å². The lowest BCUT2D eigenvalue weighted by atomic mass is 10.2. The number of amides is 1. The molecule has 0 heterocycles. The van der Waals surface area contributed by atoms with Gasteiger partial charge in [-0.05, 0) is 19.4 Å². The van der Waals surface area contributed by atoms with Crippen molar-refractivity contribution in [2.45, 2.75) is 32.6 Å². The molecular formula is C18H36N2O6S. The Balaban J connectivity index is 3.12. The number of nitrogens with two attached hydrogens (primary N) is 1. The fourth-order valence-corrected chi connectivity index (χ4v) is 2.42. The molecule has 0 aromatic carbocycles. The summed E-state index contributed by atoms with van der Waals surface area (Å²) in [5.74, 6) is 0.689. The summed E-state index contributed by atoms with van der Waals surface area (Å²) in [4.78, 5) is 22.2. The van der Waals surface area contributed by atoms with Crippen molar-refractivity contribution >= 4 is 22.8 Å². The first-order chi connectivity index (χ1) is 13.2. The van der Waals surface area contributed by atoms with Gasteiger partial charge in [0.25, 0.3) is 0 Å². The van der Waals surface area contributed by atoms with Gasteiger partial charge in [-0.15, -0.1) is 0 Å². The first-order valence-electron chi connectivity index (χ1n) is 9.58. The van der Waals surface area contributed by atoms with Gasteiger partial charge in [0, 0.05) is 25.6 Å². The molecule has 0 fully saturated rings. The predicted molar refractivity (Wildman–Crippen MR) is 107 cm³/mol. The Bertz CT molecular complexity index is 361. The van der Waals surface area contributed by atoms with Crippen LogP contribution in [0.1, 0.15) is 32.6 Å². The lowest BCUT2D eigenvalue weighted by molar-refractivity contribution is -0.122. The van der Waals surface area contributed by atoms with Crippen molar-refractivity contribution < 1.29 is 28.5 Å². The monoisotopic (exact) mass is 408 g/mol. The van der Waals surface area contributed by atoms with E-state index in [1.54, 1.807) is 6.92 Å². The Kier molecular flexibility index (Phi) is 21.0. The summed E-state index contributed by atoms with van der Waals surface area (Å²) in [6.45, 7) is 6.83. The fraction of sp³-hybridized carbons (Fsp3) is 0.889. The van der Waals surface area contributed by atoms with Gasteiger partial charge in [0.05, 0.1) is 52.9 Å². The van der Waals surface area contributed by atoms with E-state index in [0.29, 0.717) is 78.1 Å². The second-order valence-electron chi connectivity index (χ2n) is 5.74. The van der Waals surface area contributed by atoms with Crippen LogP contribution in [0, 0.1) is 0 Å². The largest absolute Gasteiger partial charge is 0.379 e. The van der Waals surface area contributed by atoms with E-state index >= 15 is 0 Å². The number of rotatable bonds is 20. The number of thioether (sulfide) groups is 1. The summed E-state index contributed by atoms with van der Waals surface area (Å²) < 4.78 is 21.4. The second-order valence-corrected chi connectivity index (χ2v) is 7.01. The summed E-state index contributed by atoms with van der Waals surface area (Å²) in [6, 6.07) is 0. The van der Waals surface area contributed by atoms with E-state index in [-0.39, 0.29) is 11.0 Å². The van der Waals surface area contributed by atoms with Gasteiger partial charge in [0.2, 0.25) is 5.91 Å². The summed E-state index contributed by atoms with van der Waals surface area (Å²) >= 11 is 1.26. The topological polar surface area (TPSA) is 109 Å². The SMILES string of the molecule is CC(=O)SCCOCCOCCOCCOCCC(=O)NCCCCCN. The van der Waals surface area contributed by atoms with Crippen LogP contribution >= 0.6 is 11.8 Å². The maximum Gasteiger partial charge on any atom is 0.222 e. The number of unbranched alkanes of at least 4 members (excludes halogenated alkanes) is 2. The van der Waals surface area contributed by atoms with Crippen molar-refractivity contribution in [1.82, 2.24) is 5.32 Å². The van der Waals surface area contributed by atoms with Crippen molar-refractivity contribution in [2.24, 2.45) is 5.73 Å². The standard InChI is InChI=1S/C18H36N2O6S/c1-17(21)27-16-15-26-14-13-25-12-11-24-10-9-23-8-5-18(22)20-7-4-2-3-6-19/h2-16,19H2,1H3,(H,20,22). The van der Waals surface area contributed by atoms with E-state index in [4.69, 9.17) is 24.7 Å². The van der Waals surface area contributed by atoms with Crippen molar-refractivity contribution in [1.29, 1.82) is 0 Å². The van der Waals surface area contributed by atoms with Crippen LogP contribution in [0.25, 0.3) is 0 Å². The van der Waals surface area contributed by atoms with Crippen LogP contribution in [-0.2, 0) is 28.5 Å². The van der Waals surface area contributed by atoms with Crippen LogP contribution in [-0.4, -0.2) is 82.7 Å². The first-order valence-corrected chi connectivity index (χ1v) is 10.6. The van der Waals surface area contributed by atoms with Crippen LogP contribution < -0.4 is 11.1 Å². The van der Waals surface area contributed by atoms with Gasteiger partial charge in [-0.1, -0.05) is 18.2 Å². The molecule has 0 spiro atoms. The average molecular weight is 409 g/mol. The van der Waals surface area contributed by atoms with Gasteiger partial charge in [-0.3, -0.25) is 9.59 Å². The molecule has 0 aliphatic carbocycles. The zero-order valence-corrected chi connectivity index (χ0v) is 17.4. The predicted octanol–water partition coefficient (Wildman–Crippen LogP) is 0.968. The lowest BCUT2D eigenvalue weighted by Gasteiger charge is -2.08. The average Bonchev–Trinajstić information content (AvgIpc) is 2.64. The van der Waals surface area contributed by atoms with Crippen molar-refractivity contribution in [3.05, 3.63) is 0 Å². The molecule has 0 radical (unpaired) electrons. The van der Waals surface area contributed by atoms with E-state index in [9.17, 15) is 9.59 Å². The van der Waals surface area contributed by atoms with Gasteiger partial charge in [0.15, 0.2) is 5.12 Å². The highest BCUT2D eigenvalue weighted by molar-refractivity contribution is 8.13. The highest BCUT2D eigenvalue weighted by Gasteiger charge is 2.00. The molecule has 0 atom stereocenters. The summed E-state index contributed by atoms with van der Waals surface area (Å²) in [5.41, 5.74) is 5.41. The summed E-state index contributed by atoms with van der Waals surface area (Å²) in [7, 11) is 0. The smallest absolute Gasteiger partial charge is 0.222 e. The molecule has 0 aliphatic heterocycles. The Labute approximate surface area is 167 Å². The van der Waals surface area contributed by atoms with E-state index in [1.165, 1.54) is 11.8 Å². The molecule has 3 N–H and O–H groups in total. The maximum absolute atomic E-state index is 11.5. The van der Waals surface area contributed by atoms with Crippen LogP contribution in [0.3, 0.4) is 0 Å². The molecule has 0 aliphatic rings. The molecule has 1 amide bonds. The quantitative estimate of drug-likeness (QED) is 0.287. The van der Waals surface area contributed by atoms with Crippen molar-refractivity contribution in [3.8, 4) is 0 Å². The third-order valence-corrected chi connectivity index (χ3v) is 4.10. The van der Waals surface area contributed by atoms with E-state index in [1.807, 2.05) is 0 Å². The number of carbonyl (C=O) groups excluding carboxylic acids is 2. The Morgan fingerprint density at radius 1 is 0.815 bits per heavy atom. The zero-order valence-electron chi connectivity index (χ0n) is 16.5. The van der Waals surface area contributed by atoms with Gasteiger partial charge in [-0.2, -0.15) is 0 Å². The minimum Gasteiger partial charge on any atom is -0.379 e. The van der Waals surface area contributed by atoms with Gasteiger partial charge in [-0.25, -0.2) is 0 Å². The Morgan fingerprint density at radius 2 is 1.37 bits per heavy atom. The third kappa shape index (κ3) is 23.3. The number of nitrogens with one attached hydrogen (secondary N) is 1. The number of carbonyl (C=O) groups is 2. The normalized spacial score (nSPS) is 10.9. The summed E-state index contributed by atoms with van der Waals surface area (Å²) in [5, 5.41) is 2.96. The molecule has 0 unspecified atom stereocenters. The molecule has 27 heavy (non-hydrogen) atoms. The van der Waals surface area contributed by atoms with Crippen LogP contribution in [0.2, 0.25) is 0 Å². The maximum atomic E-state index is 11.5. The molecule has 8 nitrogen and oxygen atoms in total. The molecule has 0 rings (SSSR count).